The molecule has 94 valence electrons. The molecule has 0 amide bonds. The smallest absolute Gasteiger partial charge is 0.354 e. The van der Waals surface area contributed by atoms with Gasteiger partial charge in [0, 0.05) is 6.54 Å². The van der Waals surface area contributed by atoms with Crippen LogP contribution in [0.2, 0.25) is 0 Å². The maximum atomic E-state index is 11.1. The Hall–Kier alpha value is -2.10. The Morgan fingerprint density at radius 2 is 2.06 bits per heavy atom. The molecule has 18 heavy (non-hydrogen) atoms. The summed E-state index contributed by atoms with van der Waals surface area (Å²) in [4.78, 5) is 15.2. The molecule has 1 N–H and O–H groups in total. The molecule has 0 unspecified atom stereocenters. The quantitative estimate of drug-likeness (QED) is 0.902. The number of imidazole rings is 1. The van der Waals surface area contributed by atoms with Crippen LogP contribution in [-0.2, 0) is 6.54 Å². The average molecular weight is 244 g/mol. The molecular formula is C14H16N2O2. The van der Waals surface area contributed by atoms with Gasteiger partial charge in [-0.25, -0.2) is 9.78 Å². The van der Waals surface area contributed by atoms with Crippen LogP contribution >= 0.6 is 0 Å². The van der Waals surface area contributed by atoms with E-state index >= 15 is 0 Å². The van der Waals surface area contributed by atoms with Crippen molar-refractivity contribution in [2.24, 2.45) is 0 Å². The van der Waals surface area contributed by atoms with Crippen LogP contribution in [-0.4, -0.2) is 20.6 Å². The van der Waals surface area contributed by atoms with Gasteiger partial charge in [0.1, 0.15) is 11.5 Å². The zero-order valence-corrected chi connectivity index (χ0v) is 10.8. The molecule has 0 aliphatic carbocycles. The third-order valence-electron chi connectivity index (χ3n) is 3.11. The second-order valence-electron chi connectivity index (χ2n) is 4.51. The van der Waals surface area contributed by atoms with Crippen LogP contribution in [0.1, 0.15) is 33.0 Å². The van der Waals surface area contributed by atoms with Crippen molar-refractivity contribution in [1.82, 2.24) is 9.55 Å². The number of carboxylic acids is 1. The number of aromatic carboxylic acids is 1. The molecule has 0 spiro atoms. The number of nitrogens with zero attached hydrogens (tertiary/aromatic N) is 2. The molecule has 0 radical (unpaired) electrons. The van der Waals surface area contributed by atoms with Gasteiger partial charge in [-0.3, -0.25) is 0 Å². The fourth-order valence-corrected chi connectivity index (χ4v) is 1.98. The standard InChI is InChI=1S/C14H16N2O2/c1-9-4-5-10(2)12(6-9)8-16-11(3)15-7-13(16)14(17)18/h4-7H,8H2,1-3H3,(H,17,18). The first-order chi connectivity index (χ1) is 8.49. The first-order valence-electron chi connectivity index (χ1n) is 5.80. The topological polar surface area (TPSA) is 55.1 Å². The molecule has 0 saturated carbocycles. The maximum absolute atomic E-state index is 11.1. The van der Waals surface area contributed by atoms with Gasteiger partial charge in [0.25, 0.3) is 0 Å². The molecule has 0 saturated heterocycles. The lowest BCUT2D eigenvalue weighted by molar-refractivity contribution is 0.0685. The van der Waals surface area contributed by atoms with Crippen molar-refractivity contribution in [2.45, 2.75) is 27.3 Å². The molecule has 0 aliphatic heterocycles. The minimum atomic E-state index is -0.944. The van der Waals surface area contributed by atoms with E-state index in [0.717, 1.165) is 11.1 Å². The molecule has 0 fully saturated rings. The minimum absolute atomic E-state index is 0.230. The second kappa shape index (κ2) is 4.64. The minimum Gasteiger partial charge on any atom is -0.477 e. The lowest BCUT2D eigenvalue weighted by Gasteiger charge is -2.11. The van der Waals surface area contributed by atoms with E-state index in [9.17, 15) is 4.79 Å². The van der Waals surface area contributed by atoms with Gasteiger partial charge >= 0.3 is 5.97 Å². The van der Waals surface area contributed by atoms with E-state index < -0.39 is 5.97 Å². The third-order valence-corrected chi connectivity index (χ3v) is 3.11. The molecule has 1 aromatic carbocycles. The Morgan fingerprint density at radius 1 is 1.33 bits per heavy atom. The molecule has 0 aliphatic rings. The van der Waals surface area contributed by atoms with E-state index in [1.807, 2.05) is 20.8 Å². The molecule has 4 nitrogen and oxygen atoms in total. The van der Waals surface area contributed by atoms with Crippen LogP contribution in [0.3, 0.4) is 0 Å². The first kappa shape index (κ1) is 12.4. The Morgan fingerprint density at radius 3 is 2.72 bits per heavy atom. The van der Waals surface area contributed by atoms with E-state index in [0.29, 0.717) is 12.4 Å². The first-order valence-corrected chi connectivity index (χ1v) is 5.80. The fraction of sp³-hybridized carbons (Fsp3) is 0.286. The summed E-state index contributed by atoms with van der Waals surface area (Å²) in [6.45, 7) is 6.42. The molecular weight excluding hydrogens is 228 g/mol. The summed E-state index contributed by atoms with van der Waals surface area (Å²) >= 11 is 0. The highest BCUT2D eigenvalue weighted by atomic mass is 16.4. The van der Waals surface area contributed by atoms with Crippen molar-refractivity contribution in [3.05, 3.63) is 52.6 Å². The monoisotopic (exact) mass is 244 g/mol. The van der Waals surface area contributed by atoms with E-state index in [2.05, 4.69) is 23.2 Å². The highest BCUT2D eigenvalue weighted by molar-refractivity contribution is 5.85. The molecule has 1 heterocycles. The van der Waals surface area contributed by atoms with Crippen molar-refractivity contribution in [1.29, 1.82) is 0 Å². The molecule has 0 atom stereocenters. The van der Waals surface area contributed by atoms with E-state index in [1.54, 1.807) is 4.57 Å². The zero-order chi connectivity index (χ0) is 13.3. The van der Waals surface area contributed by atoms with Crippen LogP contribution in [0.25, 0.3) is 0 Å². The Kier molecular flexibility index (Phi) is 3.19. The van der Waals surface area contributed by atoms with Gasteiger partial charge in [-0.1, -0.05) is 23.8 Å². The van der Waals surface area contributed by atoms with Crippen LogP contribution in [0.4, 0.5) is 0 Å². The van der Waals surface area contributed by atoms with Crippen LogP contribution in [0.15, 0.2) is 24.4 Å². The number of hydrogen-bond donors (Lipinski definition) is 1. The van der Waals surface area contributed by atoms with E-state index in [4.69, 9.17) is 5.11 Å². The van der Waals surface area contributed by atoms with Crippen LogP contribution in [0.5, 0.6) is 0 Å². The zero-order valence-electron chi connectivity index (χ0n) is 10.8. The number of carboxylic acid groups (broad SMARTS) is 1. The van der Waals surface area contributed by atoms with Crippen molar-refractivity contribution in [3.8, 4) is 0 Å². The number of benzene rings is 1. The van der Waals surface area contributed by atoms with E-state index in [1.165, 1.54) is 11.8 Å². The predicted octanol–water partition coefficient (Wildman–Crippen LogP) is 2.55. The fourth-order valence-electron chi connectivity index (χ4n) is 1.98. The van der Waals surface area contributed by atoms with Crippen molar-refractivity contribution in [3.63, 3.8) is 0 Å². The molecule has 4 heteroatoms. The number of rotatable bonds is 3. The summed E-state index contributed by atoms with van der Waals surface area (Å²) in [6.07, 6.45) is 1.41. The van der Waals surface area contributed by atoms with Crippen LogP contribution < -0.4 is 0 Å². The molecule has 2 rings (SSSR count). The largest absolute Gasteiger partial charge is 0.477 e. The van der Waals surface area contributed by atoms with Crippen molar-refractivity contribution in [2.75, 3.05) is 0 Å². The highest BCUT2D eigenvalue weighted by Gasteiger charge is 2.14. The van der Waals surface area contributed by atoms with Gasteiger partial charge < -0.3 is 9.67 Å². The van der Waals surface area contributed by atoms with Crippen LogP contribution in [0, 0.1) is 20.8 Å². The van der Waals surface area contributed by atoms with Gasteiger partial charge in [0.05, 0.1) is 6.20 Å². The number of aromatic nitrogens is 2. The lowest BCUT2D eigenvalue weighted by atomic mass is 10.1. The number of hydrogen-bond acceptors (Lipinski definition) is 2. The number of carbonyl (C=O) groups is 1. The Labute approximate surface area is 106 Å². The summed E-state index contributed by atoms with van der Waals surface area (Å²) < 4.78 is 1.73. The van der Waals surface area contributed by atoms with Gasteiger partial charge in [-0.2, -0.15) is 0 Å². The summed E-state index contributed by atoms with van der Waals surface area (Å²) in [6, 6.07) is 6.19. The Balaban J connectivity index is 2.42. The molecule has 1 aromatic heterocycles. The average Bonchev–Trinajstić information content (AvgIpc) is 2.66. The SMILES string of the molecule is Cc1ccc(C)c(Cn2c(C(=O)O)cnc2C)c1. The van der Waals surface area contributed by atoms with Gasteiger partial charge in [0.2, 0.25) is 0 Å². The summed E-state index contributed by atoms with van der Waals surface area (Å²) in [7, 11) is 0. The van der Waals surface area contributed by atoms with Crippen molar-refractivity contribution < 1.29 is 9.90 Å². The maximum Gasteiger partial charge on any atom is 0.354 e. The van der Waals surface area contributed by atoms with E-state index in [-0.39, 0.29) is 5.69 Å². The summed E-state index contributed by atoms with van der Waals surface area (Å²) in [5, 5.41) is 9.12. The summed E-state index contributed by atoms with van der Waals surface area (Å²) in [5.41, 5.74) is 3.68. The third kappa shape index (κ3) is 2.27. The Bertz CT molecular complexity index is 600. The van der Waals surface area contributed by atoms with Crippen molar-refractivity contribution >= 4 is 5.97 Å². The molecule has 2 aromatic rings. The highest BCUT2D eigenvalue weighted by Crippen LogP contribution is 2.15. The van der Waals surface area contributed by atoms with Gasteiger partial charge in [-0.05, 0) is 31.9 Å². The predicted molar refractivity (Wildman–Crippen MR) is 68.9 cm³/mol. The number of aryl methyl sites for hydroxylation is 3. The van der Waals surface area contributed by atoms with Gasteiger partial charge in [-0.15, -0.1) is 0 Å². The lowest BCUT2D eigenvalue weighted by Crippen LogP contribution is -2.11. The summed E-state index contributed by atoms with van der Waals surface area (Å²) in [5.74, 6) is -0.228. The normalized spacial score (nSPS) is 10.6. The molecule has 0 bridgehead atoms. The van der Waals surface area contributed by atoms with Gasteiger partial charge in [0.15, 0.2) is 0 Å². The second-order valence-corrected chi connectivity index (χ2v) is 4.51.